The van der Waals surface area contributed by atoms with Gasteiger partial charge >= 0.3 is 5.97 Å². The first-order chi connectivity index (χ1) is 9.75. The highest BCUT2D eigenvalue weighted by Gasteiger charge is 2.42. The molecule has 0 fully saturated rings. The molecule has 0 bridgehead atoms. The summed E-state index contributed by atoms with van der Waals surface area (Å²) in [6.45, 7) is 5.32. The van der Waals surface area contributed by atoms with Crippen LogP contribution < -0.4 is 4.90 Å². The Balaban J connectivity index is 3.32. The molecule has 5 nitrogen and oxygen atoms in total. The highest BCUT2D eigenvalue weighted by molar-refractivity contribution is 5.87. The quantitative estimate of drug-likeness (QED) is 0.874. The number of anilines is 1. The fourth-order valence-corrected chi connectivity index (χ4v) is 2.40. The van der Waals surface area contributed by atoms with Gasteiger partial charge in [0.05, 0.1) is 0 Å². The van der Waals surface area contributed by atoms with Crippen molar-refractivity contribution >= 4 is 17.6 Å². The van der Waals surface area contributed by atoms with Crippen LogP contribution in [0.4, 0.5) is 5.69 Å². The first-order valence-electron chi connectivity index (χ1n) is 7.04. The van der Waals surface area contributed by atoms with Gasteiger partial charge in [-0.2, -0.15) is 0 Å². The zero-order valence-corrected chi connectivity index (χ0v) is 13.4. The minimum atomic E-state index is -1.35. The molecule has 21 heavy (non-hydrogen) atoms. The number of nitrogens with zero attached hydrogens (tertiary/aromatic N) is 2. The summed E-state index contributed by atoms with van der Waals surface area (Å²) in [6.07, 6.45) is 0.707. The van der Waals surface area contributed by atoms with Gasteiger partial charge in [-0.25, -0.2) is 4.79 Å². The molecular weight excluding hydrogens is 268 g/mol. The predicted molar refractivity (Wildman–Crippen MR) is 83.4 cm³/mol. The summed E-state index contributed by atoms with van der Waals surface area (Å²) in [5.74, 6) is -1.26. The van der Waals surface area contributed by atoms with Crippen molar-refractivity contribution in [2.45, 2.75) is 32.7 Å². The molecule has 0 aliphatic heterocycles. The van der Waals surface area contributed by atoms with E-state index in [1.807, 2.05) is 38.1 Å². The average Bonchev–Trinajstić information content (AvgIpc) is 2.43. The maximum Gasteiger partial charge on any atom is 0.334 e. The van der Waals surface area contributed by atoms with E-state index in [9.17, 15) is 14.7 Å². The second-order valence-electron chi connectivity index (χ2n) is 5.49. The lowest BCUT2D eigenvalue weighted by molar-refractivity contribution is -0.158. The molecule has 1 amide bonds. The molecule has 116 valence electrons. The van der Waals surface area contributed by atoms with E-state index < -0.39 is 11.5 Å². The Hall–Kier alpha value is -2.04. The molecule has 5 heteroatoms. The smallest absolute Gasteiger partial charge is 0.334 e. The van der Waals surface area contributed by atoms with Crippen LogP contribution in [0, 0.1) is 0 Å². The molecule has 1 unspecified atom stereocenters. The van der Waals surface area contributed by atoms with Crippen LogP contribution in [0.1, 0.15) is 32.8 Å². The molecular formula is C16H24N2O3. The van der Waals surface area contributed by atoms with E-state index in [2.05, 4.69) is 0 Å². The lowest BCUT2D eigenvalue weighted by Gasteiger charge is -2.38. The molecule has 1 N–H and O–H groups in total. The SMILES string of the molecule is CCCN(C(C)=O)C(C)(C(=O)O)c1ccc(N(C)C)cc1. The van der Waals surface area contributed by atoms with Crippen molar-refractivity contribution in [3.8, 4) is 0 Å². The van der Waals surface area contributed by atoms with Gasteiger partial charge in [-0.1, -0.05) is 19.1 Å². The van der Waals surface area contributed by atoms with Crippen LogP contribution in [0.15, 0.2) is 24.3 Å². The summed E-state index contributed by atoms with van der Waals surface area (Å²) in [5.41, 5.74) is 0.229. The van der Waals surface area contributed by atoms with Gasteiger partial charge in [0.15, 0.2) is 5.54 Å². The van der Waals surface area contributed by atoms with Crippen molar-refractivity contribution in [2.75, 3.05) is 25.5 Å². The monoisotopic (exact) mass is 292 g/mol. The molecule has 1 atom stereocenters. The summed E-state index contributed by atoms with van der Waals surface area (Å²) in [5, 5.41) is 9.71. The van der Waals surface area contributed by atoms with Gasteiger partial charge in [-0.15, -0.1) is 0 Å². The van der Waals surface area contributed by atoms with Crippen LogP contribution in [-0.2, 0) is 15.1 Å². The first-order valence-corrected chi connectivity index (χ1v) is 7.04. The number of hydrogen-bond acceptors (Lipinski definition) is 3. The Kier molecular flexibility index (Phi) is 5.35. The molecule has 0 heterocycles. The van der Waals surface area contributed by atoms with Crippen LogP contribution in [0.3, 0.4) is 0 Å². The van der Waals surface area contributed by atoms with Crippen molar-refractivity contribution in [3.05, 3.63) is 29.8 Å². The number of rotatable bonds is 6. The zero-order chi connectivity index (χ0) is 16.2. The Morgan fingerprint density at radius 2 is 1.71 bits per heavy atom. The lowest BCUT2D eigenvalue weighted by atomic mass is 9.89. The number of carbonyl (C=O) groups excluding carboxylic acids is 1. The molecule has 0 aliphatic rings. The van der Waals surface area contributed by atoms with Crippen molar-refractivity contribution in [1.29, 1.82) is 0 Å². The van der Waals surface area contributed by atoms with Crippen molar-refractivity contribution in [3.63, 3.8) is 0 Å². The van der Waals surface area contributed by atoms with Crippen LogP contribution >= 0.6 is 0 Å². The van der Waals surface area contributed by atoms with Crippen LogP contribution in [0.5, 0.6) is 0 Å². The molecule has 0 saturated heterocycles. The van der Waals surface area contributed by atoms with E-state index in [1.54, 1.807) is 19.1 Å². The number of carboxylic acid groups (broad SMARTS) is 1. The van der Waals surface area contributed by atoms with E-state index >= 15 is 0 Å². The summed E-state index contributed by atoms with van der Waals surface area (Å²) in [4.78, 5) is 27.1. The highest BCUT2D eigenvalue weighted by atomic mass is 16.4. The van der Waals surface area contributed by atoms with Gasteiger partial charge in [0.2, 0.25) is 5.91 Å². The van der Waals surface area contributed by atoms with Crippen LogP contribution in [-0.4, -0.2) is 42.5 Å². The van der Waals surface area contributed by atoms with Gasteiger partial charge in [0, 0.05) is 33.3 Å². The molecule has 1 aromatic carbocycles. The van der Waals surface area contributed by atoms with Crippen molar-refractivity contribution in [1.82, 2.24) is 4.90 Å². The van der Waals surface area contributed by atoms with Gasteiger partial charge in [0.25, 0.3) is 0 Å². The third kappa shape index (κ3) is 3.35. The normalized spacial score (nSPS) is 13.4. The molecule has 0 aromatic heterocycles. The third-order valence-corrected chi connectivity index (χ3v) is 3.73. The molecule has 1 aromatic rings. The fourth-order valence-electron chi connectivity index (χ4n) is 2.40. The predicted octanol–water partition coefficient (Wildman–Crippen LogP) is 2.31. The largest absolute Gasteiger partial charge is 0.479 e. The summed E-state index contributed by atoms with van der Waals surface area (Å²) in [6, 6.07) is 7.27. The van der Waals surface area contributed by atoms with E-state index in [4.69, 9.17) is 0 Å². The lowest BCUT2D eigenvalue weighted by Crippen LogP contribution is -2.52. The number of hydrogen-bond donors (Lipinski definition) is 1. The van der Waals surface area contributed by atoms with Crippen LogP contribution in [0.2, 0.25) is 0 Å². The highest BCUT2D eigenvalue weighted by Crippen LogP contribution is 2.30. The Labute approximate surface area is 126 Å². The Bertz CT molecular complexity index is 511. The molecule has 0 spiro atoms. The molecule has 0 saturated carbocycles. The third-order valence-electron chi connectivity index (χ3n) is 3.73. The first kappa shape index (κ1) is 17.0. The number of amides is 1. The minimum absolute atomic E-state index is 0.238. The van der Waals surface area contributed by atoms with Gasteiger partial charge in [-0.3, -0.25) is 4.79 Å². The van der Waals surface area contributed by atoms with Gasteiger partial charge in [0.1, 0.15) is 0 Å². The van der Waals surface area contributed by atoms with Crippen molar-refractivity contribution in [2.24, 2.45) is 0 Å². The summed E-state index contributed by atoms with van der Waals surface area (Å²) in [7, 11) is 3.84. The molecule has 1 rings (SSSR count). The second-order valence-corrected chi connectivity index (χ2v) is 5.49. The standard InChI is InChI=1S/C16H24N2O3/c1-6-11-18(12(2)19)16(3,15(20)21)13-7-9-14(10-8-13)17(4)5/h7-10H,6,11H2,1-5H3,(H,20,21). The van der Waals surface area contributed by atoms with Crippen LogP contribution in [0.25, 0.3) is 0 Å². The van der Waals surface area contributed by atoms with Gasteiger partial charge in [-0.05, 0) is 31.0 Å². The van der Waals surface area contributed by atoms with Crippen molar-refractivity contribution < 1.29 is 14.7 Å². The molecule has 0 radical (unpaired) electrons. The number of carbonyl (C=O) groups is 2. The van der Waals surface area contributed by atoms with E-state index in [-0.39, 0.29) is 5.91 Å². The minimum Gasteiger partial charge on any atom is -0.479 e. The van der Waals surface area contributed by atoms with Gasteiger partial charge < -0.3 is 14.9 Å². The van der Waals surface area contributed by atoms with E-state index in [0.717, 1.165) is 5.69 Å². The van der Waals surface area contributed by atoms with E-state index in [1.165, 1.54) is 11.8 Å². The zero-order valence-electron chi connectivity index (χ0n) is 13.4. The average molecular weight is 292 g/mol. The second kappa shape index (κ2) is 6.61. The number of benzene rings is 1. The fraction of sp³-hybridized carbons (Fsp3) is 0.500. The Morgan fingerprint density at radius 3 is 2.05 bits per heavy atom. The Morgan fingerprint density at radius 1 is 1.19 bits per heavy atom. The number of aliphatic carboxylic acids is 1. The maximum atomic E-state index is 11.9. The topological polar surface area (TPSA) is 60.9 Å². The molecule has 0 aliphatic carbocycles. The number of carboxylic acids is 1. The maximum absolute atomic E-state index is 11.9. The summed E-state index contributed by atoms with van der Waals surface area (Å²) >= 11 is 0. The summed E-state index contributed by atoms with van der Waals surface area (Å²) < 4.78 is 0. The van der Waals surface area contributed by atoms with E-state index in [0.29, 0.717) is 18.5 Å².